The van der Waals surface area contributed by atoms with Crippen LogP contribution in [0.15, 0.2) is 46.1 Å². The maximum atomic E-state index is 12.6. The fraction of sp³-hybridized carbons (Fsp3) is 0.455. The van der Waals surface area contributed by atoms with Crippen LogP contribution in [0.3, 0.4) is 0 Å². The summed E-state index contributed by atoms with van der Waals surface area (Å²) in [5.41, 5.74) is 1.18. The van der Waals surface area contributed by atoms with Gasteiger partial charge in [-0.1, -0.05) is 53.7 Å². The standard InChI is InChI=1S/C22H28N6O2S/c1-16-13-19(26-30-16)23-21(29)17(2)31-22-25-24-20(15-27-11-7-4-8-12-27)28(22)14-18-9-5-3-6-10-18/h3,5-6,9-10,13,17H,4,7-8,11-12,14-15H2,1-2H3,(H,23,26,29). The van der Waals surface area contributed by atoms with Crippen LogP contribution in [0.4, 0.5) is 5.82 Å². The van der Waals surface area contributed by atoms with Gasteiger partial charge in [-0.15, -0.1) is 10.2 Å². The van der Waals surface area contributed by atoms with Crippen molar-refractivity contribution in [3.8, 4) is 0 Å². The molecule has 0 bridgehead atoms. The average Bonchev–Trinajstić information content (AvgIpc) is 3.35. The predicted octanol–water partition coefficient (Wildman–Crippen LogP) is 3.73. The average molecular weight is 441 g/mol. The largest absolute Gasteiger partial charge is 0.360 e. The van der Waals surface area contributed by atoms with Crippen molar-refractivity contribution < 1.29 is 9.32 Å². The maximum Gasteiger partial charge on any atom is 0.238 e. The summed E-state index contributed by atoms with van der Waals surface area (Å²) < 4.78 is 7.16. The Morgan fingerprint density at radius 3 is 2.65 bits per heavy atom. The number of hydrogen-bond acceptors (Lipinski definition) is 7. The number of carbonyl (C=O) groups is 1. The van der Waals surface area contributed by atoms with Crippen molar-refractivity contribution in [2.75, 3.05) is 18.4 Å². The van der Waals surface area contributed by atoms with Gasteiger partial charge < -0.3 is 14.4 Å². The lowest BCUT2D eigenvalue weighted by Crippen LogP contribution is -2.30. The second-order valence-electron chi connectivity index (χ2n) is 7.88. The van der Waals surface area contributed by atoms with Crippen LogP contribution < -0.4 is 5.32 Å². The second kappa shape index (κ2) is 10.1. The van der Waals surface area contributed by atoms with Crippen LogP contribution in [0.25, 0.3) is 0 Å². The molecule has 0 radical (unpaired) electrons. The number of aryl methyl sites for hydroxylation is 1. The molecule has 1 fully saturated rings. The first kappa shape index (κ1) is 21.6. The summed E-state index contributed by atoms with van der Waals surface area (Å²) in [5.74, 6) is 1.87. The molecule has 1 amide bonds. The van der Waals surface area contributed by atoms with E-state index in [4.69, 9.17) is 4.52 Å². The summed E-state index contributed by atoms with van der Waals surface area (Å²) in [7, 11) is 0. The molecule has 1 aromatic carbocycles. The summed E-state index contributed by atoms with van der Waals surface area (Å²) in [6, 6.07) is 12.0. The molecule has 9 heteroatoms. The van der Waals surface area contributed by atoms with Gasteiger partial charge in [-0.05, 0) is 45.3 Å². The number of anilines is 1. The Bertz CT molecular complexity index is 997. The first-order valence-electron chi connectivity index (χ1n) is 10.7. The molecule has 0 aliphatic carbocycles. The van der Waals surface area contributed by atoms with Gasteiger partial charge in [0, 0.05) is 6.07 Å². The van der Waals surface area contributed by atoms with Gasteiger partial charge in [-0.3, -0.25) is 9.69 Å². The highest BCUT2D eigenvalue weighted by Gasteiger charge is 2.22. The van der Waals surface area contributed by atoms with Crippen LogP contribution in [-0.2, 0) is 17.9 Å². The molecule has 164 valence electrons. The monoisotopic (exact) mass is 440 g/mol. The molecule has 8 nitrogen and oxygen atoms in total. The van der Waals surface area contributed by atoms with Crippen molar-refractivity contribution in [3.05, 3.63) is 53.5 Å². The number of nitrogens with zero attached hydrogens (tertiary/aromatic N) is 5. The van der Waals surface area contributed by atoms with E-state index < -0.39 is 0 Å². The lowest BCUT2D eigenvalue weighted by Gasteiger charge is -2.26. The fourth-order valence-electron chi connectivity index (χ4n) is 3.63. The van der Waals surface area contributed by atoms with Crippen molar-refractivity contribution in [1.29, 1.82) is 0 Å². The lowest BCUT2D eigenvalue weighted by atomic mass is 10.1. The number of likely N-dealkylation sites (tertiary alicyclic amines) is 1. The molecular weight excluding hydrogens is 412 g/mol. The number of benzene rings is 1. The van der Waals surface area contributed by atoms with E-state index in [1.54, 1.807) is 13.0 Å². The highest BCUT2D eigenvalue weighted by molar-refractivity contribution is 8.00. The van der Waals surface area contributed by atoms with Crippen LogP contribution in [0, 0.1) is 6.92 Å². The highest BCUT2D eigenvalue weighted by atomic mass is 32.2. The highest BCUT2D eigenvalue weighted by Crippen LogP contribution is 2.25. The lowest BCUT2D eigenvalue weighted by molar-refractivity contribution is -0.115. The molecule has 2 aromatic heterocycles. The molecule has 1 N–H and O–H groups in total. The number of aromatic nitrogens is 4. The molecule has 0 saturated carbocycles. The minimum Gasteiger partial charge on any atom is -0.360 e. The van der Waals surface area contributed by atoms with Crippen molar-refractivity contribution in [3.63, 3.8) is 0 Å². The fourth-order valence-corrected chi connectivity index (χ4v) is 4.50. The van der Waals surface area contributed by atoms with E-state index in [0.717, 1.165) is 30.6 Å². The zero-order valence-corrected chi connectivity index (χ0v) is 18.8. The van der Waals surface area contributed by atoms with E-state index >= 15 is 0 Å². The van der Waals surface area contributed by atoms with E-state index in [1.165, 1.54) is 36.6 Å². The number of hydrogen-bond donors (Lipinski definition) is 1. The molecule has 1 saturated heterocycles. The number of nitrogens with one attached hydrogen (secondary N) is 1. The van der Waals surface area contributed by atoms with E-state index in [-0.39, 0.29) is 11.2 Å². The van der Waals surface area contributed by atoms with Gasteiger partial charge in [0.2, 0.25) is 5.91 Å². The van der Waals surface area contributed by atoms with E-state index in [0.29, 0.717) is 18.1 Å². The first-order chi connectivity index (χ1) is 15.1. The predicted molar refractivity (Wildman–Crippen MR) is 120 cm³/mol. The topological polar surface area (TPSA) is 89.1 Å². The van der Waals surface area contributed by atoms with Gasteiger partial charge in [-0.2, -0.15) is 0 Å². The Morgan fingerprint density at radius 2 is 1.94 bits per heavy atom. The van der Waals surface area contributed by atoms with Gasteiger partial charge >= 0.3 is 0 Å². The zero-order valence-electron chi connectivity index (χ0n) is 18.0. The quantitative estimate of drug-likeness (QED) is 0.534. The zero-order chi connectivity index (χ0) is 21.6. The third kappa shape index (κ3) is 5.74. The number of carbonyl (C=O) groups excluding carboxylic acids is 1. The van der Waals surface area contributed by atoms with Crippen molar-refractivity contribution in [2.24, 2.45) is 0 Å². The second-order valence-corrected chi connectivity index (χ2v) is 9.19. The van der Waals surface area contributed by atoms with E-state index in [1.807, 2.05) is 25.1 Å². The number of amides is 1. The van der Waals surface area contributed by atoms with Crippen molar-refractivity contribution in [2.45, 2.75) is 56.6 Å². The molecule has 0 spiro atoms. The number of piperidine rings is 1. The van der Waals surface area contributed by atoms with Crippen molar-refractivity contribution in [1.82, 2.24) is 24.8 Å². The maximum absolute atomic E-state index is 12.6. The van der Waals surface area contributed by atoms with Crippen LogP contribution in [0.5, 0.6) is 0 Å². The number of rotatable bonds is 8. The molecule has 1 atom stereocenters. The van der Waals surface area contributed by atoms with Crippen LogP contribution in [0.2, 0.25) is 0 Å². The van der Waals surface area contributed by atoms with Crippen LogP contribution >= 0.6 is 11.8 Å². The molecule has 1 aliphatic rings. The van der Waals surface area contributed by atoms with Gasteiger partial charge in [0.25, 0.3) is 0 Å². The Hall–Kier alpha value is -2.65. The van der Waals surface area contributed by atoms with Crippen LogP contribution in [0.1, 0.15) is 43.3 Å². The molecule has 4 rings (SSSR count). The third-order valence-corrected chi connectivity index (χ3v) is 6.40. The van der Waals surface area contributed by atoms with Gasteiger partial charge in [0.15, 0.2) is 11.0 Å². The minimum absolute atomic E-state index is 0.148. The smallest absolute Gasteiger partial charge is 0.238 e. The molecule has 31 heavy (non-hydrogen) atoms. The SMILES string of the molecule is Cc1cc(NC(=O)C(C)Sc2nnc(CN3CCCCC3)n2Cc2ccccc2)no1. The summed E-state index contributed by atoms with van der Waals surface area (Å²) in [5, 5.41) is 16.0. The van der Waals surface area contributed by atoms with Gasteiger partial charge in [0.05, 0.1) is 18.3 Å². The van der Waals surface area contributed by atoms with Gasteiger partial charge in [0.1, 0.15) is 11.6 Å². The first-order valence-corrected chi connectivity index (χ1v) is 11.6. The number of thioether (sulfide) groups is 1. The molecule has 1 unspecified atom stereocenters. The minimum atomic E-state index is -0.362. The van der Waals surface area contributed by atoms with Crippen molar-refractivity contribution >= 4 is 23.5 Å². The van der Waals surface area contributed by atoms with Crippen LogP contribution in [-0.4, -0.2) is 49.1 Å². The third-order valence-electron chi connectivity index (χ3n) is 5.32. The van der Waals surface area contributed by atoms with E-state index in [2.05, 4.69) is 42.3 Å². The molecule has 1 aliphatic heterocycles. The normalized spacial score (nSPS) is 15.7. The summed E-state index contributed by atoms with van der Waals surface area (Å²) in [6.07, 6.45) is 3.76. The Morgan fingerprint density at radius 1 is 1.16 bits per heavy atom. The summed E-state index contributed by atoms with van der Waals surface area (Å²) in [4.78, 5) is 15.1. The molecular formula is C22H28N6O2S. The summed E-state index contributed by atoms with van der Waals surface area (Å²) in [6.45, 7) is 7.29. The Balaban J connectivity index is 1.50. The van der Waals surface area contributed by atoms with Gasteiger partial charge in [-0.25, -0.2) is 0 Å². The van der Waals surface area contributed by atoms with E-state index in [9.17, 15) is 4.79 Å². The summed E-state index contributed by atoms with van der Waals surface area (Å²) >= 11 is 1.41. The molecule has 3 heterocycles. The molecule has 3 aromatic rings. The Kier molecular flexibility index (Phi) is 7.03. The Labute approximate surface area is 186 Å².